The second-order valence-corrected chi connectivity index (χ2v) is 4.84. The van der Waals surface area contributed by atoms with Gasteiger partial charge in [0.05, 0.1) is 18.2 Å². The van der Waals surface area contributed by atoms with Crippen molar-refractivity contribution in [1.82, 2.24) is 10.6 Å². The lowest BCUT2D eigenvalue weighted by atomic mass is 10.2. The Kier molecular flexibility index (Phi) is 5.13. The highest BCUT2D eigenvalue weighted by Gasteiger charge is 2.16. The first-order chi connectivity index (χ1) is 9.16. The molecule has 1 aliphatic heterocycles. The third-order valence-electron chi connectivity index (χ3n) is 2.99. The van der Waals surface area contributed by atoms with Crippen molar-refractivity contribution in [3.8, 4) is 0 Å². The van der Waals surface area contributed by atoms with E-state index in [2.05, 4.69) is 10.6 Å². The molecule has 2 rings (SSSR count). The molecule has 1 heterocycles. The second kappa shape index (κ2) is 6.84. The minimum absolute atomic E-state index is 0.0629. The van der Waals surface area contributed by atoms with Gasteiger partial charge in [-0.2, -0.15) is 0 Å². The molecule has 0 saturated carbocycles. The summed E-state index contributed by atoms with van der Waals surface area (Å²) in [6.07, 6.45) is 0.913. The summed E-state index contributed by atoms with van der Waals surface area (Å²) in [4.78, 5) is 11.6. The van der Waals surface area contributed by atoms with Crippen LogP contribution in [0.15, 0.2) is 18.2 Å². The van der Waals surface area contributed by atoms with Crippen molar-refractivity contribution in [2.45, 2.75) is 19.0 Å². The van der Waals surface area contributed by atoms with Crippen molar-refractivity contribution in [2.24, 2.45) is 0 Å². The molecule has 0 unspecified atom stereocenters. The molecule has 1 saturated heterocycles. The predicted octanol–water partition coefficient (Wildman–Crippen LogP) is 1.47. The van der Waals surface area contributed by atoms with Crippen molar-refractivity contribution in [1.29, 1.82) is 0 Å². The van der Waals surface area contributed by atoms with Crippen LogP contribution in [0.4, 0.5) is 4.39 Å². The maximum absolute atomic E-state index is 13.6. The molecule has 19 heavy (non-hydrogen) atoms. The van der Waals surface area contributed by atoms with Crippen LogP contribution < -0.4 is 10.6 Å². The van der Waals surface area contributed by atoms with Gasteiger partial charge in [-0.3, -0.25) is 4.79 Å². The number of hydrogen-bond acceptors (Lipinski definition) is 3. The molecule has 0 aliphatic carbocycles. The Morgan fingerprint density at radius 2 is 2.37 bits per heavy atom. The van der Waals surface area contributed by atoms with E-state index >= 15 is 0 Å². The number of hydrogen-bond donors (Lipinski definition) is 2. The lowest BCUT2D eigenvalue weighted by molar-refractivity contribution is -0.120. The van der Waals surface area contributed by atoms with Crippen LogP contribution >= 0.6 is 11.6 Å². The molecule has 0 aromatic heterocycles. The van der Waals surface area contributed by atoms with Gasteiger partial charge in [-0.1, -0.05) is 23.7 Å². The molecule has 104 valence electrons. The van der Waals surface area contributed by atoms with Gasteiger partial charge in [0, 0.05) is 24.8 Å². The minimum atomic E-state index is -0.485. The lowest BCUT2D eigenvalue weighted by Gasteiger charge is -2.11. The molecule has 1 aromatic rings. The van der Waals surface area contributed by atoms with Crippen molar-refractivity contribution in [2.75, 3.05) is 19.8 Å². The summed E-state index contributed by atoms with van der Waals surface area (Å²) in [5.41, 5.74) is 0.380. The average molecular weight is 287 g/mol. The number of halogens is 2. The Balaban J connectivity index is 1.75. The summed E-state index contributed by atoms with van der Waals surface area (Å²) >= 11 is 5.66. The number of amides is 1. The van der Waals surface area contributed by atoms with E-state index in [1.807, 2.05) is 0 Å². The molecule has 1 fully saturated rings. The fraction of sp³-hybridized carbons (Fsp3) is 0.462. The van der Waals surface area contributed by atoms with E-state index in [0.29, 0.717) is 12.2 Å². The van der Waals surface area contributed by atoms with E-state index in [-0.39, 0.29) is 30.1 Å². The van der Waals surface area contributed by atoms with E-state index < -0.39 is 5.82 Å². The smallest absolute Gasteiger partial charge is 0.234 e. The van der Waals surface area contributed by atoms with Crippen LogP contribution in [0.1, 0.15) is 12.0 Å². The number of carbonyl (C=O) groups excluding carboxylic acids is 1. The van der Waals surface area contributed by atoms with E-state index in [1.54, 1.807) is 12.1 Å². The SMILES string of the molecule is O=C(CN[C@@H]1CCOC1)NCc1cccc(Cl)c1F. The molecule has 4 nitrogen and oxygen atoms in total. The number of nitrogens with one attached hydrogen (secondary N) is 2. The van der Waals surface area contributed by atoms with Gasteiger partial charge in [0.1, 0.15) is 5.82 Å². The Bertz CT molecular complexity index is 450. The Morgan fingerprint density at radius 3 is 3.11 bits per heavy atom. The highest BCUT2D eigenvalue weighted by Crippen LogP contribution is 2.17. The summed E-state index contributed by atoms with van der Waals surface area (Å²) in [5, 5.41) is 5.80. The van der Waals surface area contributed by atoms with E-state index in [0.717, 1.165) is 13.0 Å². The number of carbonyl (C=O) groups is 1. The zero-order chi connectivity index (χ0) is 13.7. The zero-order valence-corrected chi connectivity index (χ0v) is 11.2. The molecule has 1 amide bonds. The molecule has 0 radical (unpaired) electrons. The summed E-state index contributed by atoms with van der Waals surface area (Å²) < 4.78 is 18.8. The minimum Gasteiger partial charge on any atom is -0.380 e. The first-order valence-corrected chi connectivity index (χ1v) is 6.55. The van der Waals surface area contributed by atoms with Gasteiger partial charge in [-0.25, -0.2) is 4.39 Å². The first-order valence-electron chi connectivity index (χ1n) is 6.17. The van der Waals surface area contributed by atoms with Gasteiger partial charge in [0.2, 0.25) is 5.91 Å². The summed E-state index contributed by atoms with van der Waals surface area (Å²) in [5.74, 6) is -0.659. The van der Waals surface area contributed by atoms with Crippen LogP contribution in [0.25, 0.3) is 0 Å². The van der Waals surface area contributed by atoms with Crippen LogP contribution in [0, 0.1) is 5.82 Å². The van der Waals surface area contributed by atoms with Crippen LogP contribution in [0.5, 0.6) is 0 Å². The number of ether oxygens (including phenoxy) is 1. The topological polar surface area (TPSA) is 50.4 Å². The summed E-state index contributed by atoms with van der Waals surface area (Å²) in [6.45, 7) is 1.70. The zero-order valence-electron chi connectivity index (χ0n) is 10.4. The van der Waals surface area contributed by atoms with Crippen molar-refractivity contribution in [3.63, 3.8) is 0 Å². The Morgan fingerprint density at radius 1 is 1.53 bits per heavy atom. The second-order valence-electron chi connectivity index (χ2n) is 4.43. The lowest BCUT2D eigenvalue weighted by Crippen LogP contribution is -2.39. The number of rotatable bonds is 5. The fourth-order valence-electron chi connectivity index (χ4n) is 1.87. The van der Waals surface area contributed by atoms with Crippen LogP contribution in [0.3, 0.4) is 0 Å². The standard InChI is InChI=1S/C13H16ClFN2O2/c14-11-3-1-2-9(13(11)15)6-17-12(18)7-16-10-4-5-19-8-10/h1-3,10,16H,4-8H2,(H,17,18)/t10-/m1/s1. The van der Waals surface area contributed by atoms with E-state index in [9.17, 15) is 9.18 Å². The Hall–Kier alpha value is -1.17. The van der Waals surface area contributed by atoms with Crippen LogP contribution in [-0.4, -0.2) is 31.7 Å². The molecular formula is C13H16ClFN2O2. The quantitative estimate of drug-likeness (QED) is 0.862. The van der Waals surface area contributed by atoms with Gasteiger partial charge in [0.25, 0.3) is 0 Å². The summed E-state index contributed by atoms with van der Waals surface area (Å²) in [7, 11) is 0. The van der Waals surface area contributed by atoms with Gasteiger partial charge < -0.3 is 15.4 Å². The van der Waals surface area contributed by atoms with Crippen molar-refractivity contribution >= 4 is 17.5 Å². The van der Waals surface area contributed by atoms with Crippen molar-refractivity contribution < 1.29 is 13.9 Å². The highest BCUT2D eigenvalue weighted by atomic mass is 35.5. The molecular weight excluding hydrogens is 271 g/mol. The van der Waals surface area contributed by atoms with Crippen LogP contribution in [0.2, 0.25) is 5.02 Å². The van der Waals surface area contributed by atoms with Gasteiger partial charge in [-0.15, -0.1) is 0 Å². The average Bonchev–Trinajstić information content (AvgIpc) is 2.91. The largest absolute Gasteiger partial charge is 0.380 e. The molecule has 2 N–H and O–H groups in total. The normalized spacial score (nSPS) is 18.5. The molecule has 1 atom stereocenters. The first kappa shape index (κ1) is 14.2. The monoisotopic (exact) mass is 286 g/mol. The van der Waals surface area contributed by atoms with Gasteiger partial charge >= 0.3 is 0 Å². The summed E-state index contributed by atoms with van der Waals surface area (Å²) in [6, 6.07) is 4.96. The van der Waals surface area contributed by atoms with Gasteiger partial charge in [-0.05, 0) is 12.5 Å². The molecule has 1 aromatic carbocycles. The molecule has 1 aliphatic rings. The highest BCUT2D eigenvalue weighted by molar-refractivity contribution is 6.30. The molecule has 0 spiro atoms. The van der Waals surface area contributed by atoms with Gasteiger partial charge in [0.15, 0.2) is 0 Å². The third-order valence-corrected chi connectivity index (χ3v) is 3.28. The van der Waals surface area contributed by atoms with E-state index in [1.165, 1.54) is 6.07 Å². The molecule has 0 bridgehead atoms. The predicted molar refractivity (Wildman–Crippen MR) is 70.5 cm³/mol. The maximum atomic E-state index is 13.6. The fourth-order valence-corrected chi connectivity index (χ4v) is 2.07. The van der Waals surface area contributed by atoms with E-state index in [4.69, 9.17) is 16.3 Å². The Labute approximate surface area is 116 Å². The number of benzene rings is 1. The third kappa shape index (κ3) is 4.16. The van der Waals surface area contributed by atoms with Crippen molar-refractivity contribution in [3.05, 3.63) is 34.6 Å². The van der Waals surface area contributed by atoms with Crippen LogP contribution in [-0.2, 0) is 16.1 Å². The molecule has 6 heteroatoms. The maximum Gasteiger partial charge on any atom is 0.234 e.